The molecule has 0 heterocycles. The molecule has 0 atom stereocenters. The van der Waals surface area contributed by atoms with Crippen molar-refractivity contribution in [2.24, 2.45) is 0 Å². The Bertz CT molecular complexity index is 2330. The van der Waals surface area contributed by atoms with Crippen LogP contribution in [0.15, 0.2) is 109 Å². The number of hydrogen-bond acceptors (Lipinski definition) is 0. The van der Waals surface area contributed by atoms with Crippen LogP contribution < -0.4 is 0 Å². The molecule has 4 heteroatoms. The monoisotopic (exact) mass is 930 g/mol. The van der Waals surface area contributed by atoms with Gasteiger partial charge in [-0.1, -0.05) is 213 Å². The van der Waals surface area contributed by atoms with Gasteiger partial charge in [0.05, 0.1) is 0 Å². The summed E-state index contributed by atoms with van der Waals surface area (Å²) in [5.41, 5.74) is 12.1. The summed E-state index contributed by atoms with van der Waals surface area (Å²) in [6.45, 7) is 40.7. The summed E-state index contributed by atoms with van der Waals surface area (Å²) in [5.74, 6) is 0. The SMILES string of the molecule is CC(C)(C)c1ccc2c(c1)[cH-]c1c(C3=CC=CC3)c(C(C)(C)C)ccc12.CC(C)(C)c1ccc2c(c1)[cH-]c1c(C3=CC=CC3)c(C(C)(C)C)ccc12.Cl.Cl.[CH2-]C.[CH2-]C.[Si]=[Zr]. The van der Waals surface area contributed by atoms with E-state index < -0.39 is 0 Å². The molecule has 2 aliphatic carbocycles. The van der Waals surface area contributed by atoms with Crippen LogP contribution in [0.4, 0.5) is 0 Å². The zero-order valence-electron chi connectivity index (χ0n) is 39.0. The quantitative estimate of drug-likeness (QED) is 0.120. The number of halogens is 2. The van der Waals surface area contributed by atoms with Crippen molar-refractivity contribution in [2.75, 3.05) is 0 Å². The van der Waals surface area contributed by atoms with Gasteiger partial charge in [-0.25, -0.2) is 0 Å². The molecule has 8 rings (SSSR count). The van der Waals surface area contributed by atoms with Crippen LogP contribution >= 0.6 is 24.8 Å². The van der Waals surface area contributed by atoms with Gasteiger partial charge in [0, 0.05) is 0 Å². The molecule has 6 aromatic rings. The van der Waals surface area contributed by atoms with E-state index in [1.54, 1.807) is 13.8 Å². The Morgan fingerprint density at radius 1 is 0.467 bits per heavy atom. The van der Waals surface area contributed by atoms with E-state index in [1.807, 2.05) is 0 Å². The predicted octanol–water partition coefficient (Wildman–Crippen LogP) is 17.4. The number of benzene rings is 4. The zero-order chi connectivity index (χ0) is 43.4. The van der Waals surface area contributed by atoms with E-state index in [4.69, 9.17) is 0 Å². The second-order valence-electron chi connectivity index (χ2n) is 19.4. The predicted molar refractivity (Wildman–Crippen MR) is 275 cm³/mol. The van der Waals surface area contributed by atoms with Crippen LogP contribution in [0.5, 0.6) is 0 Å². The van der Waals surface area contributed by atoms with Crippen LogP contribution in [-0.2, 0) is 45.0 Å². The van der Waals surface area contributed by atoms with E-state index in [-0.39, 0.29) is 46.5 Å². The molecule has 0 nitrogen and oxygen atoms in total. The first-order valence-corrected chi connectivity index (χ1v) is 25.2. The molecule has 0 bridgehead atoms. The van der Waals surface area contributed by atoms with Crippen molar-refractivity contribution in [1.82, 2.24) is 0 Å². The fraction of sp³-hybridized carbons (Fsp3) is 0.357. The van der Waals surface area contributed by atoms with Crippen molar-refractivity contribution in [3.63, 3.8) is 0 Å². The zero-order valence-corrected chi connectivity index (χ0v) is 44.1. The third kappa shape index (κ3) is 11.4. The molecule has 320 valence electrons. The Morgan fingerprint density at radius 3 is 1.05 bits per heavy atom. The molecular formula is C56H70Cl2SiZr-4. The topological polar surface area (TPSA) is 0 Å². The summed E-state index contributed by atoms with van der Waals surface area (Å²) < 4.78 is 0. The minimum absolute atomic E-state index is 0. The summed E-state index contributed by atoms with van der Waals surface area (Å²) >= 11 is 1.36. The minimum atomic E-state index is 0. The van der Waals surface area contributed by atoms with E-state index in [1.165, 1.54) is 111 Å². The molecular weight excluding hydrogens is 863 g/mol. The fourth-order valence-corrected chi connectivity index (χ4v) is 8.31. The van der Waals surface area contributed by atoms with Crippen molar-refractivity contribution in [2.45, 2.75) is 131 Å². The van der Waals surface area contributed by atoms with Crippen LogP contribution in [-0.4, -0.2) is 6.88 Å². The van der Waals surface area contributed by atoms with Gasteiger partial charge in [-0.3, -0.25) is 0 Å². The normalized spacial score (nSPS) is 13.4. The van der Waals surface area contributed by atoms with Gasteiger partial charge in [0.1, 0.15) is 0 Å². The van der Waals surface area contributed by atoms with E-state index in [0.717, 1.165) is 12.8 Å². The van der Waals surface area contributed by atoms with E-state index in [2.05, 4.69) is 213 Å². The molecule has 0 saturated carbocycles. The summed E-state index contributed by atoms with van der Waals surface area (Å²) in [7, 11) is 0. The van der Waals surface area contributed by atoms with Gasteiger partial charge in [0.15, 0.2) is 0 Å². The second-order valence-corrected chi connectivity index (χ2v) is 19.4. The second kappa shape index (κ2) is 21.6. The Labute approximate surface area is 394 Å². The van der Waals surface area contributed by atoms with Crippen molar-refractivity contribution >= 4 is 85.9 Å². The average Bonchev–Trinajstić information content (AvgIpc) is 4.01. The van der Waals surface area contributed by atoms with Gasteiger partial charge < -0.3 is 13.8 Å². The fourth-order valence-electron chi connectivity index (χ4n) is 8.31. The Kier molecular flexibility index (Phi) is 19.2. The number of fused-ring (bicyclic) bond motifs is 6. The van der Waals surface area contributed by atoms with Crippen molar-refractivity contribution in [3.05, 3.63) is 156 Å². The standard InChI is InChI=1S/2C26H29.2C2H5.2ClH.Si.Zr/c2*1-25(2,3)19-11-12-20-18(15-19)16-22-21(20)13-14-23(26(4,5)6)24(22)17-9-7-8-10-17;2*1-2;;;;/h2*7-9,11-16H,10H2,1-6H3;2*1H2,2H3;2*1H;;/q4*-1;;;;. The maximum atomic E-state index is 3.25. The molecule has 6 aromatic carbocycles. The Hall–Kier alpha value is -2.74. The molecule has 2 radical (unpaired) electrons. The molecule has 60 heavy (non-hydrogen) atoms. The summed E-state index contributed by atoms with van der Waals surface area (Å²) in [4.78, 5) is 0. The molecule has 0 aliphatic heterocycles. The summed E-state index contributed by atoms with van der Waals surface area (Å²) in [5, 5.41) is 11.1. The molecule has 0 fully saturated rings. The van der Waals surface area contributed by atoms with E-state index in [9.17, 15) is 0 Å². The van der Waals surface area contributed by atoms with Crippen LogP contribution in [0.3, 0.4) is 0 Å². The van der Waals surface area contributed by atoms with Crippen molar-refractivity contribution in [1.29, 1.82) is 0 Å². The van der Waals surface area contributed by atoms with Gasteiger partial charge >= 0.3 is 30.2 Å². The Morgan fingerprint density at radius 2 is 0.783 bits per heavy atom. The van der Waals surface area contributed by atoms with Crippen molar-refractivity contribution < 1.29 is 23.3 Å². The summed E-state index contributed by atoms with van der Waals surface area (Å²) in [6.07, 6.45) is 15.6. The van der Waals surface area contributed by atoms with Gasteiger partial charge in [-0.2, -0.15) is 13.8 Å². The molecule has 0 unspecified atom stereocenters. The third-order valence-electron chi connectivity index (χ3n) is 11.3. The molecule has 0 aromatic heterocycles. The van der Waals surface area contributed by atoms with Crippen molar-refractivity contribution in [3.8, 4) is 0 Å². The van der Waals surface area contributed by atoms with Gasteiger partial charge in [0.2, 0.25) is 0 Å². The van der Waals surface area contributed by atoms with Gasteiger partial charge in [-0.05, 0) is 34.5 Å². The third-order valence-corrected chi connectivity index (χ3v) is 11.3. The molecule has 0 saturated heterocycles. The van der Waals surface area contributed by atoms with Crippen LogP contribution in [0, 0.1) is 13.8 Å². The van der Waals surface area contributed by atoms with Crippen LogP contribution in [0.1, 0.15) is 143 Å². The molecule has 0 spiro atoms. The first-order chi connectivity index (χ1) is 27.3. The Balaban J connectivity index is 0.000000357. The van der Waals surface area contributed by atoms with E-state index >= 15 is 0 Å². The molecule has 2 aliphatic rings. The number of allylic oxidation sites excluding steroid dienone is 8. The maximum absolute atomic E-state index is 3.25. The molecule has 0 amide bonds. The van der Waals surface area contributed by atoms with Gasteiger partial charge in [0.25, 0.3) is 0 Å². The van der Waals surface area contributed by atoms with Gasteiger partial charge in [-0.15, -0.1) is 92.2 Å². The first kappa shape index (κ1) is 53.4. The molecule has 0 N–H and O–H groups in total. The first-order valence-electron chi connectivity index (χ1n) is 21.1. The average molecular weight is 933 g/mol. The van der Waals surface area contributed by atoms with Crippen LogP contribution in [0.25, 0.3) is 54.2 Å². The summed E-state index contributed by atoms with van der Waals surface area (Å²) in [6, 6.07) is 28.2. The number of rotatable bonds is 2. The van der Waals surface area contributed by atoms with E-state index in [0.29, 0.717) is 0 Å². The number of hydrogen-bond donors (Lipinski definition) is 0. The van der Waals surface area contributed by atoms with Crippen LogP contribution in [0.2, 0.25) is 0 Å².